The lowest BCUT2D eigenvalue weighted by atomic mass is 10.0. The largest absolute Gasteiger partial charge is 0.327 e. The maximum atomic E-state index is 13.2. The van der Waals surface area contributed by atoms with Crippen LogP contribution in [-0.2, 0) is 6.54 Å². The first-order chi connectivity index (χ1) is 8.93. The quantitative estimate of drug-likeness (QED) is 0.858. The van der Waals surface area contributed by atoms with Gasteiger partial charge in [0.05, 0.1) is 5.56 Å². The van der Waals surface area contributed by atoms with E-state index in [1.54, 1.807) is 12.1 Å². The third-order valence-electron chi connectivity index (χ3n) is 3.30. The second-order valence-electron chi connectivity index (χ2n) is 5.36. The van der Waals surface area contributed by atoms with Crippen LogP contribution in [0.4, 0.5) is 4.39 Å². The van der Waals surface area contributed by atoms with Crippen molar-refractivity contribution in [2.45, 2.75) is 32.9 Å². The summed E-state index contributed by atoms with van der Waals surface area (Å²) in [7, 11) is 2.00. The van der Waals surface area contributed by atoms with Crippen LogP contribution in [0.2, 0.25) is 0 Å². The number of rotatable bonds is 6. The maximum absolute atomic E-state index is 13.2. The van der Waals surface area contributed by atoms with Gasteiger partial charge in [-0.25, -0.2) is 4.39 Å². The van der Waals surface area contributed by atoms with Gasteiger partial charge in [-0.1, -0.05) is 19.9 Å². The molecule has 3 nitrogen and oxygen atoms in total. The molecule has 19 heavy (non-hydrogen) atoms. The summed E-state index contributed by atoms with van der Waals surface area (Å²) in [5.41, 5.74) is 7.05. The van der Waals surface area contributed by atoms with Crippen molar-refractivity contribution in [3.63, 3.8) is 0 Å². The third kappa shape index (κ3) is 4.98. The highest BCUT2D eigenvalue weighted by Gasteiger charge is 2.10. The SMILES string of the molecule is CC(C)C(N)CCN(C)Cc1ccc(F)c(C#N)c1. The van der Waals surface area contributed by atoms with Crippen molar-refractivity contribution in [1.82, 2.24) is 4.90 Å². The van der Waals surface area contributed by atoms with E-state index < -0.39 is 5.82 Å². The normalized spacial score (nSPS) is 12.7. The Kier molecular flexibility index (Phi) is 5.94. The van der Waals surface area contributed by atoms with Gasteiger partial charge in [0.1, 0.15) is 11.9 Å². The van der Waals surface area contributed by atoms with E-state index >= 15 is 0 Å². The maximum Gasteiger partial charge on any atom is 0.140 e. The van der Waals surface area contributed by atoms with Gasteiger partial charge in [-0.05, 0) is 43.6 Å². The van der Waals surface area contributed by atoms with Crippen LogP contribution in [-0.4, -0.2) is 24.5 Å². The smallest absolute Gasteiger partial charge is 0.140 e. The Morgan fingerprint density at radius 2 is 2.11 bits per heavy atom. The average molecular weight is 263 g/mol. The Hall–Kier alpha value is -1.44. The van der Waals surface area contributed by atoms with Gasteiger partial charge < -0.3 is 10.6 Å². The minimum Gasteiger partial charge on any atom is -0.327 e. The Balaban J connectivity index is 2.53. The molecule has 0 saturated heterocycles. The molecule has 0 aromatic heterocycles. The highest BCUT2D eigenvalue weighted by Crippen LogP contribution is 2.12. The van der Waals surface area contributed by atoms with Crippen molar-refractivity contribution in [1.29, 1.82) is 5.26 Å². The summed E-state index contributed by atoms with van der Waals surface area (Å²) in [6, 6.07) is 6.73. The second kappa shape index (κ2) is 7.22. The van der Waals surface area contributed by atoms with Gasteiger partial charge in [-0.3, -0.25) is 0 Å². The van der Waals surface area contributed by atoms with E-state index in [2.05, 4.69) is 18.7 Å². The number of nitriles is 1. The van der Waals surface area contributed by atoms with Crippen LogP contribution in [0.1, 0.15) is 31.4 Å². The van der Waals surface area contributed by atoms with E-state index in [0.717, 1.165) is 18.5 Å². The molecule has 1 rings (SSSR count). The van der Waals surface area contributed by atoms with Crippen molar-refractivity contribution >= 4 is 0 Å². The standard InChI is InChI=1S/C15H22FN3/c1-11(2)15(18)6-7-19(3)10-12-4-5-14(16)13(8-12)9-17/h4-5,8,11,15H,6-7,10,18H2,1-3H3. The summed E-state index contributed by atoms with van der Waals surface area (Å²) < 4.78 is 13.2. The summed E-state index contributed by atoms with van der Waals surface area (Å²) in [5, 5.41) is 8.79. The molecular formula is C15H22FN3. The molecule has 0 spiro atoms. The molecule has 0 heterocycles. The molecule has 1 atom stereocenters. The predicted octanol–water partition coefficient (Wildman–Crippen LogP) is 2.50. The monoisotopic (exact) mass is 263 g/mol. The Morgan fingerprint density at radius 1 is 1.42 bits per heavy atom. The van der Waals surface area contributed by atoms with Crippen LogP contribution in [0.25, 0.3) is 0 Å². The fourth-order valence-electron chi connectivity index (χ4n) is 1.85. The number of hydrogen-bond acceptors (Lipinski definition) is 3. The number of halogens is 1. The molecule has 0 aliphatic rings. The van der Waals surface area contributed by atoms with E-state index in [0.29, 0.717) is 12.5 Å². The molecule has 2 N–H and O–H groups in total. The van der Waals surface area contributed by atoms with Gasteiger partial charge in [0.2, 0.25) is 0 Å². The van der Waals surface area contributed by atoms with Crippen molar-refractivity contribution in [3.05, 3.63) is 35.1 Å². The zero-order valence-corrected chi connectivity index (χ0v) is 11.9. The number of benzene rings is 1. The summed E-state index contributed by atoms with van der Waals surface area (Å²) in [4.78, 5) is 2.14. The van der Waals surface area contributed by atoms with Crippen molar-refractivity contribution in [3.8, 4) is 6.07 Å². The van der Waals surface area contributed by atoms with Crippen LogP contribution in [0.5, 0.6) is 0 Å². The molecule has 1 aromatic carbocycles. The number of nitrogens with two attached hydrogens (primary N) is 1. The molecule has 0 fully saturated rings. The third-order valence-corrected chi connectivity index (χ3v) is 3.30. The molecule has 0 aliphatic carbocycles. The highest BCUT2D eigenvalue weighted by atomic mass is 19.1. The van der Waals surface area contributed by atoms with E-state index in [4.69, 9.17) is 11.0 Å². The molecule has 0 bridgehead atoms. The summed E-state index contributed by atoms with van der Waals surface area (Å²) in [6.07, 6.45) is 0.931. The Labute approximate surface area is 114 Å². The molecule has 104 valence electrons. The van der Waals surface area contributed by atoms with Crippen LogP contribution >= 0.6 is 0 Å². The fraction of sp³-hybridized carbons (Fsp3) is 0.533. The van der Waals surface area contributed by atoms with Gasteiger partial charge in [-0.15, -0.1) is 0 Å². The van der Waals surface area contributed by atoms with Gasteiger partial charge in [0.25, 0.3) is 0 Å². The first kappa shape index (κ1) is 15.6. The molecule has 4 heteroatoms. The zero-order chi connectivity index (χ0) is 14.4. The van der Waals surface area contributed by atoms with Crippen LogP contribution in [0.3, 0.4) is 0 Å². The van der Waals surface area contributed by atoms with Gasteiger partial charge in [0.15, 0.2) is 0 Å². The molecular weight excluding hydrogens is 241 g/mol. The number of hydrogen-bond donors (Lipinski definition) is 1. The lowest BCUT2D eigenvalue weighted by molar-refractivity contribution is 0.296. The number of nitrogens with zero attached hydrogens (tertiary/aromatic N) is 2. The molecule has 0 saturated carbocycles. The van der Waals surface area contributed by atoms with Gasteiger partial charge in [0, 0.05) is 12.6 Å². The highest BCUT2D eigenvalue weighted by molar-refractivity contribution is 5.34. The predicted molar refractivity (Wildman–Crippen MR) is 74.9 cm³/mol. The minimum absolute atomic E-state index is 0.102. The summed E-state index contributed by atoms with van der Waals surface area (Å²) in [6.45, 7) is 5.81. The molecule has 0 amide bonds. The topological polar surface area (TPSA) is 53.0 Å². The van der Waals surface area contributed by atoms with Crippen molar-refractivity contribution in [2.24, 2.45) is 11.7 Å². The van der Waals surface area contributed by atoms with Crippen molar-refractivity contribution in [2.75, 3.05) is 13.6 Å². The first-order valence-electron chi connectivity index (χ1n) is 6.56. The van der Waals surface area contributed by atoms with E-state index in [1.807, 2.05) is 13.1 Å². The molecule has 1 unspecified atom stereocenters. The minimum atomic E-state index is -0.462. The summed E-state index contributed by atoms with van der Waals surface area (Å²) in [5.74, 6) is 0.0140. The molecule has 1 aromatic rings. The Bertz CT molecular complexity index is 451. The van der Waals surface area contributed by atoms with Crippen molar-refractivity contribution < 1.29 is 4.39 Å². The van der Waals surface area contributed by atoms with Crippen LogP contribution in [0.15, 0.2) is 18.2 Å². The van der Waals surface area contributed by atoms with E-state index in [-0.39, 0.29) is 11.6 Å². The van der Waals surface area contributed by atoms with E-state index in [9.17, 15) is 4.39 Å². The molecule has 0 aliphatic heterocycles. The zero-order valence-electron chi connectivity index (χ0n) is 11.9. The van der Waals surface area contributed by atoms with E-state index in [1.165, 1.54) is 6.07 Å². The fourth-order valence-corrected chi connectivity index (χ4v) is 1.85. The van der Waals surface area contributed by atoms with Crippen LogP contribution < -0.4 is 5.73 Å². The molecule has 0 radical (unpaired) electrons. The lowest BCUT2D eigenvalue weighted by Crippen LogP contribution is -2.31. The van der Waals surface area contributed by atoms with Gasteiger partial charge >= 0.3 is 0 Å². The van der Waals surface area contributed by atoms with Gasteiger partial charge in [-0.2, -0.15) is 5.26 Å². The first-order valence-corrected chi connectivity index (χ1v) is 6.56. The Morgan fingerprint density at radius 3 is 2.68 bits per heavy atom. The van der Waals surface area contributed by atoms with Crippen LogP contribution in [0, 0.1) is 23.1 Å². The summed E-state index contributed by atoms with van der Waals surface area (Å²) >= 11 is 0. The average Bonchev–Trinajstić information content (AvgIpc) is 2.38. The second-order valence-corrected chi connectivity index (χ2v) is 5.36. The lowest BCUT2D eigenvalue weighted by Gasteiger charge is -2.21.